The molecule has 1 aromatic carbocycles. The maximum Gasteiger partial charge on any atom is 0.453 e. The molecule has 0 aliphatic carbocycles. The normalized spacial score (nSPS) is 13.6. The largest absolute Gasteiger partial charge is 0.494 e. The smallest absolute Gasteiger partial charge is 0.453 e. The van der Waals surface area contributed by atoms with Gasteiger partial charge in [0.05, 0.1) is 19.8 Å². The first-order chi connectivity index (χ1) is 19.6. The Kier molecular flexibility index (Phi) is 19.7. The predicted molar refractivity (Wildman–Crippen MR) is 151 cm³/mol. The number of hydrogen-bond acceptors (Lipinski definition) is 5. The Hall–Kier alpha value is -1.91. The molecular formula is C31H49F5O5. The molecule has 0 bridgehead atoms. The number of rotatable bonds is 26. The summed E-state index contributed by atoms with van der Waals surface area (Å²) in [6.45, 7) is 6.79. The number of benzene rings is 1. The van der Waals surface area contributed by atoms with Crippen molar-refractivity contribution in [2.24, 2.45) is 0 Å². The lowest BCUT2D eigenvalue weighted by molar-refractivity contribution is -0.284. The molecule has 0 N–H and O–H groups in total. The van der Waals surface area contributed by atoms with Crippen LogP contribution < -0.4 is 9.47 Å². The summed E-state index contributed by atoms with van der Waals surface area (Å²) in [5.41, 5.74) is 0. The first kappa shape index (κ1) is 37.1. The first-order valence-electron chi connectivity index (χ1n) is 14.8. The highest BCUT2D eigenvalue weighted by molar-refractivity contribution is 5.31. The van der Waals surface area contributed by atoms with Crippen molar-refractivity contribution in [3.05, 3.63) is 36.9 Å². The van der Waals surface area contributed by atoms with Crippen molar-refractivity contribution in [1.82, 2.24) is 0 Å². The molecule has 0 saturated heterocycles. The fourth-order valence-electron chi connectivity index (χ4n) is 4.19. The maximum absolute atomic E-state index is 13.0. The van der Waals surface area contributed by atoms with Crippen LogP contribution in [0.15, 0.2) is 36.9 Å². The molecule has 0 heterocycles. The molecule has 0 radical (unpaired) electrons. The van der Waals surface area contributed by atoms with Gasteiger partial charge < -0.3 is 23.7 Å². The molecule has 0 spiro atoms. The molecule has 5 nitrogen and oxygen atoms in total. The second kappa shape index (κ2) is 21.7. The van der Waals surface area contributed by atoms with Crippen LogP contribution in [0.3, 0.4) is 0 Å². The van der Waals surface area contributed by atoms with Gasteiger partial charge in [-0.3, -0.25) is 0 Å². The zero-order valence-corrected chi connectivity index (χ0v) is 24.7. The summed E-state index contributed by atoms with van der Waals surface area (Å²) in [5.74, 6) is -3.83. The van der Waals surface area contributed by atoms with Crippen LogP contribution in [0.25, 0.3) is 0 Å². The Labute approximate surface area is 242 Å². The van der Waals surface area contributed by atoms with E-state index in [1.54, 1.807) is 37.5 Å². The third-order valence-electron chi connectivity index (χ3n) is 6.65. The minimum absolute atomic E-state index is 0.0676. The molecule has 0 aliphatic heterocycles. The van der Waals surface area contributed by atoms with E-state index in [0.717, 1.165) is 19.3 Å². The van der Waals surface area contributed by atoms with Crippen LogP contribution in [-0.2, 0) is 14.2 Å². The van der Waals surface area contributed by atoms with E-state index in [-0.39, 0.29) is 19.5 Å². The van der Waals surface area contributed by atoms with Crippen molar-refractivity contribution < 1.29 is 45.6 Å². The van der Waals surface area contributed by atoms with E-state index >= 15 is 0 Å². The number of unbranched alkanes of at least 4 members (excludes halogenated alkanes) is 9. The summed E-state index contributed by atoms with van der Waals surface area (Å²) in [6, 6.07) is 6.51. The van der Waals surface area contributed by atoms with Gasteiger partial charge in [-0.05, 0) is 43.5 Å². The van der Waals surface area contributed by atoms with E-state index in [2.05, 4.69) is 13.5 Å². The SMILES string of the molecule is C=C[C@H](OCOCCOC)[C@@H](CCCCCCCCCCCC)Oc1ccc(OCCCC(F)(F)C(F)(F)F)cc1. The van der Waals surface area contributed by atoms with E-state index in [9.17, 15) is 22.0 Å². The summed E-state index contributed by atoms with van der Waals surface area (Å²) in [7, 11) is 1.59. The van der Waals surface area contributed by atoms with Gasteiger partial charge in [0.15, 0.2) is 0 Å². The molecule has 10 heteroatoms. The van der Waals surface area contributed by atoms with Crippen LogP contribution in [0.5, 0.6) is 11.5 Å². The average Bonchev–Trinajstić information content (AvgIpc) is 2.94. The summed E-state index contributed by atoms with van der Waals surface area (Å²) in [5, 5.41) is 0. The van der Waals surface area contributed by atoms with Gasteiger partial charge in [-0.15, -0.1) is 6.58 Å². The summed E-state index contributed by atoms with van der Waals surface area (Å²) >= 11 is 0. The number of methoxy groups -OCH3 is 1. The molecule has 2 atom stereocenters. The Morgan fingerprint density at radius 1 is 0.780 bits per heavy atom. The third-order valence-corrected chi connectivity index (χ3v) is 6.65. The standard InChI is InChI=1S/C31H49F5O5/c1-4-6-7-8-9-10-11-12-13-14-16-29(28(5-2)40-25-38-24-23-37-3)41-27-19-17-26(18-20-27)39-22-15-21-30(32,33)31(34,35)36/h5,17-20,28-29H,2,4,6-16,21-25H2,1,3H3/t28-,29+/m0/s1. The maximum atomic E-state index is 13.0. The second-order valence-corrected chi connectivity index (χ2v) is 10.1. The Balaban J connectivity index is 2.58. The minimum Gasteiger partial charge on any atom is -0.494 e. The van der Waals surface area contributed by atoms with Gasteiger partial charge >= 0.3 is 12.1 Å². The molecule has 0 aliphatic rings. The van der Waals surface area contributed by atoms with Crippen molar-refractivity contribution in [2.45, 2.75) is 115 Å². The number of ether oxygens (including phenoxy) is 5. The van der Waals surface area contributed by atoms with Gasteiger partial charge in [0.25, 0.3) is 0 Å². The molecular weight excluding hydrogens is 547 g/mol. The van der Waals surface area contributed by atoms with Crippen molar-refractivity contribution >= 4 is 0 Å². The van der Waals surface area contributed by atoms with E-state index in [1.165, 1.54) is 51.4 Å². The van der Waals surface area contributed by atoms with Gasteiger partial charge in [-0.1, -0.05) is 70.8 Å². The van der Waals surface area contributed by atoms with Crippen LogP contribution in [-0.4, -0.2) is 58.0 Å². The molecule has 0 aromatic heterocycles. The van der Waals surface area contributed by atoms with E-state index in [1.807, 2.05) is 0 Å². The Morgan fingerprint density at radius 3 is 1.93 bits per heavy atom. The predicted octanol–water partition coefficient (Wildman–Crippen LogP) is 9.29. The minimum atomic E-state index is -5.56. The van der Waals surface area contributed by atoms with Gasteiger partial charge in [0, 0.05) is 13.5 Å². The number of alkyl halides is 5. The van der Waals surface area contributed by atoms with Crippen molar-refractivity contribution in [3.8, 4) is 11.5 Å². The average molecular weight is 597 g/mol. The quantitative estimate of drug-likeness (QED) is 0.0462. The topological polar surface area (TPSA) is 46.2 Å². The summed E-state index contributed by atoms with van der Waals surface area (Å²) < 4.78 is 90.8. The molecule has 1 rings (SSSR count). The lowest BCUT2D eigenvalue weighted by Crippen LogP contribution is -2.36. The van der Waals surface area contributed by atoms with E-state index in [0.29, 0.717) is 24.7 Å². The first-order valence-corrected chi connectivity index (χ1v) is 14.8. The molecule has 0 unspecified atom stereocenters. The fraction of sp³-hybridized carbons (Fsp3) is 0.742. The summed E-state index contributed by atoms with van der Waals surface area (Å²) in [6.07, 6.45) is 6.59. The lowest BCUT2D eigenvalue weighted by atomic mass is 10.0. The Morgan fingerprint density at radius 2 is 1.37 bits per heavy atom. The van der Waals surface area contributed by atoms with Crippen molar-refractivity contribution in [2.75, 3.05) is 33.7 Å². The van der Waals surface area contributed by atoms with Gasteiger partial charge in [0.2, 0.25) is 0 Å². The molecule has 0 fully saturated rings. The third kappa shape index (κ3) is 17.0. The molecule has 0 amide bonds. The monoisotopic (exact) mass is 596 g/mol. The van der Waals surface area contributed by atoms with Crippen LogP contribution in [0.4, 0.5) is 22.0 Å². The molecule has 41 heavy (non-hydrogen) atoms. The number of hydrogen-bond donors (Lipinski definition) is 0. The molecule has 0 saturated carbocycles. The molecule has 1 aromatic rings. The van der Waals surface area contributed by atoms with Crippen LogP contribution >= 0.6 is 0 Å². The summed E-state index contributed by atoms with van der Waals surface area (Å²) in [4.78, 5) is 0. The zero-order chi connectivity index (χ0) is 30.4. The fourth-order valence-corrected chi connectivity index (χ4v) is 4.19. The molecule has 238 valence electrons. The number of halogens is 5. The van der Waals surface area contributed by atoms with Crippen molar-refractivity contribution in [3.63, 3.8) is 0 Å². The van der Waals surface area contributed by atoms with Gasteiger partial charge in [-0.2, -0.15) is 22.0 Å². The lowest BCUT2D eigenvalue weighted by Gasteiger charge is -2.26. The van der Waals surface area contributed by atoms with Crippen LogP contribution in [0.2, 0.25) is 0 Å². The van der Waals surface area contributed by atoms with Crippen molar-refractivity contribution in [1.29, 1.82) is 0 Å². The highest BCUT2D eigenvalue weighted by Crippen LogP contribution is 2.38. The van der Waals surface area contributed by atoms with Crippen LogP contribution in [0, 0.1) is 0 Å². The Bertz CT molecular complexity index is 773. The zero-order valence-electron chi connectivity index (χ0n) is 24.7. The highest BCUT2D eigenvalue weighted by Gasteiger charge is 2.56. The van der Waals surface area contributed by atoms with E-state index in [4.69, 9.17) is 23.7 Å². The van der Waals surface area contributed by atoms with Crippen LogP contribution in [0.1, 0.15) is 90.4 Å². The van der Waals surface area contributed by atoms with E-state index < -0.39 is 31.0 Å². The van der Waals surface area contributed by atoms with Gasteiger partial charge in [0.1, 0.15) is 30.5 Å². The van der Waals surface area contributed by atoms with Gasteiger partial charge in [-0.25, -0.2) is 0 Å². The second-order valence-electron chi connectivity index (χ2n) is 10.1. The highest BCUT2D eigenvalue weighted by atomic mass is 19.4.